The van der Waals surface area contributed by atoms with E-state index in [-0.39, 0.29) is 23.0 Å². The van der Waals surface area contributed by atoms with Crippen molar-refractivity contribution in [3.05, 3.63) is 42.2 Å². The lowest BCUT2D eigenvalue weighted by molar-refractivity contribution is 0.0949. The Labute approximate surface area is 103 Å². The molecule has 3 N–H and O–H groups in total. The molecule has 0 bridgehead atoms. The molecular weight excluding hydrogens is 234 g/mol. The molecule has 0 radical (unpaired) electrons. The van der Waals surface area contributed by atoms with E-state index in [1.807, 2.05) is 0 Å². The van der Waals surface area contributed by atoms with Crippen LogP contribution in [0.1, 0.15) is 10.4 Å². The smallest absolute Gasteiger partial charge is 0.255 e. The number of carbonyl (C=O) groups excluding carboxylic acids is 1. The molecule has 94 valence electrons. The second-order valence-corrected chi connectivity index (χ2v) is 3.73. The number of aromatic nitrogens is 2. The highest BCUT2D eigenvalue weighted by atomic mass is 16.3. The van der Waals surface area contributed by atoms with Gasteiger partial charge in [0.2, 0.25) is 0 Å². The number of hydrogen-bond acceptors (Lipinski definition) is 4. The maximum absolute atomic E-state index is 11.7. The minimum Gasteiger partial charge on any atom is -0.508 e. The highest BCUT2D eigenvalue weighted by Gasteiger charge is 2.10. The van der Waals surface area contributed by atoms with Crippen molar-refractivity contribution in [2.75, 3.05) is 6.54 Å². The van der Waals surface area contributed by atoms with Gasteiger partial charge < -0.3 is 15.5 Å². The van der Waals surface area contributed by atoms with Crippen molar-refractivity contribution in [1.29, 1.82) is 0 Å². The average Bonchev–Trinajstić information content (AvgIpc) is 2.81. The van der Waals surface area contributed by atoms with Crippen LogP contribution < -0.4 is 5.32 Å². The van der Waals surface area contributed by atoms with Gasteiger partial charge in [-0.1, -0.05) is 0 Å². The van der Waals surface area contributed by atoms with Gasteiger partial charge in [0.25, 0.3) is 5.91 Å². The predicted octanol–water partition coefficient (Wildman–Crippen LogP) is 0.724. The van der Waals surface area contributed by atoms with Crippen molar-refractivity contribution in [1.82, 2.24) is 15.1 Å². The van der Waals surface area contributed by atoms with Gasteiger partial charge in [-0.25, -0.2) is 0 Å². The number of benzene rings is 1. The first-order valence-corrected chi connectivity index (χ1v) is 5.44. The average molecular weight is 247 g/mol. The van der Waals surface area contributed by atoms with Crippen molar-refractivity contribution in [2.45, 2.75) is 6.54 Å². The first-order chi connectivity index (χ1) is 8.66. The van der Waals surface area contributed by atoms with Crippen LogP contribution in [0, 0.1) is 0 Å². The third kappa shape index (κ3) is 2.79. The van der Waals surface area contributed by atoms with Gasteiger partial charge in [0, 0.05) is 25.0 Å². The highest BCUT2D eigenvalue weighted by molar-refractivity contribution is 5.96. The minimum atomic E-state index is -0.389. The van der Waals surface area contributed by atoms with E-state index in [4.69, 9.17) is 5.11 Å². The number of phenols is 2. The molecule has 2 rings (SSSR count). The fourth-order valence-corrected chi connectivity index (χ4v) is 1.52. The molecule has 1 heterocycles. The molecule has 0 atom stereocenters. The summed E-state index contributed by atoms with van der Waals surface area (Å²) < 4.78 is 1.69. The van der Waals surface area contributed by atoms with Gasteiger partial charge >= 0.3 is 0 Å². The first kappa shape index (κ1) is 12.0. The van der Waals surface area contributed by atoms with Gasteiger partial charge in [-0.3, -0.25) is 9.48 Å². The van der Waals surface area contributed by atoms with Crippen LogP contribution in [-0.4, -0.2) is 32.4 Å². The Bertz CT molecular complexity index is 538. The molecule has 1 aromatic heterocycles. The van der Waals surface area contributed by atoms with Gasteiger partial charge in [0.15, 0.2) is 0 Å². The fourth-order valence-electron chi connectivity index (χ4n) is 1.52. The van der Waals surface area contributed by atoms with Gasteiger partial charge in [0.05, 0.1) is 12.1 Å². The van der Waals surface area contributed by atoms with Crippen LogP contribution in [0.4, 0.5) is 0 Å². The maximum Gasteiger partial charge on any atom is 0.255 e. The Hall–Kier alpha value is -2.50. The summed E-state index contributed by atoms with van der Waals surface area (Å²) in [6.45, 7) is 0.957. The molecule has 18 heavy (non-hydrogen) atoms. The Kier molecular flexibility index (Phi) is 3.47. The first-order valence-electron chi connectivity index (χ1n) is 5.44. The molecule has 0 aliphatic heterocycles. The lowest BCUT2D eigenvalue weighted by atomic mass is 10.2. The molecular formula is C12H13N3O3. The summed E-state index contributed by atoms with van der Waals surface area (Å²) in [4.78, 5) is 11.7. The number of nitrogens with one attached hydrogen (secondary N) is 1. The lowest BCUT2D eigenvalue weighted by Gasteiger charge is -2.07. The van der Waals surface area contributed by atoms with E-state index in [1.165, 1.54) is 12.1 Å². The summed E-state index contributed by atoms with van der Waals surface area (Å²) >= 11 is 0. The van der Waals surface area contributed by atoms with Gasteiger partial charge in [0.1, 0.15) is 11.5 Å². The number of aromatic hydroxyl groups is 2. The standard InChI is InChI=1S/C12H13N3O3/c16-9-2-3-10(11(17)8-9)12(18)13-5-7-15-6-1-4-14-15/h1-4,6,8,16-17H,5,7H2,(H,13,18). The number of hydrogen-bond donors (Lipinski definition) is 3. The van der Waals surface area contributed by atoms with Crippen LogP contribution in [0.3, 0.4) is 0 Å². The molecule has 0 saturated carbocycles. The van der Waals surface area contributed by atoms with Crippen LogP contribution in [-0.2, 0) is 6.54 Å². The molecule has 0 unspecified atom stereocenters. The molecule has 1 amide bonds. The van der Waals surface area contributed by atoms with Crippen molar-refractivity contribution < 1.29 is 15.0 Å². The summed E-state index contributed by atoms with van der Waals surface area (Å²) in [5.74, 6) is -0.716. The van der Waals surface area contributed by atoms with E-state index in [9.17, 15) is 9.90 Å². The third-order valence-electron chi connectivity index (χ3n) is 2.41. The van der Waals surface area contributed by atoms with E-state index in [2.05, 4.69) is 10.4 Å². The van der Waals surface area contributed by atoms with Crippen molar-refractivity contribution in [3.63, 3.8) is 0 Å². The normalized spacial score (nSPS) is 10.2. The molecule has 6 nitrogen and oxygen atoms in total. The van der Waals surface area contributed by atoms with Crippen molar-refractivity contribution in [2.24, 2.45) is 0 Å². The van der Waals surface area contributed by atoms with Crippen LogP contribution in [0.5, 0.6) is 11.5 Å². The van der Waals surface area contributed by atoms with E-state index < -0.39 is 0 Å². The molecule has 2 aromatic rings. The zero-order chi connectivity index (χ0) is 13.0. The second kappa shape index (κ2) is 5.22. The molecule has 0 aliphatic rings. The SMILES string of the molecule is O=C(NCCn1cccn1)c1ccc(O)cc1O. The van der Waals surface area contributed by atoms with Crippen molar-refractivity contribution >= 4 is 5.91 Å². The maximum atomic E-state index is 11.7. The number of nitrogens with zero attached hydrogens (tertiary/aromatic N) is 2. The topological polar surface area (TPSA) is 87.4 Å². The highest BCUT2D eigenvalue weighted by Crippen LogP contribution is 2.22. The number of amides is 1. The second-order valence-electron chi connectivity index (χ2n) is 3.73. The lowest BCUT2D eigenvalue weighted by Crippen LogP contribution is -2.27. The molecule has 0 spiro atoms. The van der Waals surface area contributed by atoms with Crippen molar-refractivity contribution in [3.8, 4) is 11.5 Å². The van der Waals surface area contributed by atoms with E-state index in [1.54, 1.807) is 23.1 Å². The summed E-state index contributed by atoms with van der Waals surface area (Å²) in [6, 6.07) is 5.64. The Balaban J connectivity index is 1.91. The van der Waals surface area contributed by atoms with Gasteiger partial charge in [-0.05, 0) is 18.2 Å². The Morgan fingerprint density at radius 1 is 1.39 bits per heavy atom. The molecule has 1 aromatic carbocycles. The van der Waals surface area contributed by atoms with Crippen LogP contribution in [0.2, 0.25) is 0 Å². The van der Waals surface area contributed by atoms with E-state index in [0.29, 0.717) is 13.1 Å². The fraction of sp³-hybridized carbons (Fsp3) is 0.167. The summed E-state index contributed by atoms with van der Waals surface area (Å²) in [7, 11) is 0. The third-order valence-corrected chi connectivity index (χ3v) is 2.41. The predicted molar refractivity (Wildman–Crippen MR) is 64.3 cm³/mol. The zero-order valence-electron chi connectivity index (χ0n) is 9.58. The van der Waals surface area contributed by atoms with E-state index >= 15 is 0 Å². The van der Waals surface area contributed by atoms with Gasteiger partial charge in [-0.15, -0.1) is 0 Å². The van der Waals surface area contributed by atoms with Crippen LogP contribution in [0.15, 0.2) is 36.7 Å². The zero-order valence-corrected chi connectivity index (χ0v) is 9.58. The summed E-state index contributed by atoms with van der Waals surface area (Å²) in [6.07, 6.45) is 3.46. The minimum absolute atomic E-state index is 0.0828. The van der Waals surface area contributed by atoms with Crippen LogP contribution in [0.25, 0.3) is 0 Å². The Morgan fingerprint density at radius 3 is 2.89 bits per heavy atom. The van der Waals surface area contributed by atoms with Gasteiger partial charge in [-0.2, -0.15) is 5.10 Å². The Morgan fingerprint density at radius 2 is 2.22 bits per heavy atom. The quantitative estimate of drug-likeness (QED) is 0.743. The largest absolute Gasteiger partial charge is 0.508 e. The number of phenolic OH excluding ortho intramolecular Hbond substituents is 2. The van der Waals surface area contributed by atoms with Crippen LogP contribution >= 0.6 is 0 Å². The molecule has 0 aliphatic carbocycles. The molecule has 6 heteroatoms. The summed E-state index contributed by atoms with van der Waals surface area (Å²) in [5, 5.41) is 25.3. The molecule has 0 fully saturated rings. The monoisotopic (exact) mass is 247 g/mol. The molecule has 0 saturated heterocycles. The number of carbonyl (C=O) groups is 1. The number of rotatable bonds is 4. The van der Waals surface area contributed by atoms with E-state index in [0.717, 1.165) is 6.07 Å². The summed E-state index contributed by atoms with van der Waals surface area (Å²) in [5.41, 5.74) is 0.133.